The van der Waals surface area contributed by atoms with Crippen LogP contribution in [0.5, 0.6) is 0 Å². The molecule has 30 heavy (non-hydrogen) atoms. The van der Waals surface area contributed by atoms with Gasteiger partial charge in [-0.1, -0.05) is 17.7 Å². The van der Waals surface area contributed by atoms with Crippen LogP contribution in [0.4, 0.5) is 5.82 Å². The lowest BCUT2D eigenvalue weighted by Crippen LogP contribution is -2.34. The standard InChI is InChI=1S/C15H17ClO4.C6H6N4/c1-15(2)19-11-7-18-14(13(11)20-15)12-10-4-3-9(16)5-8(10)6-17-12;7-5-4-1-2-8-6(4)10-3-9-5/h3-5,11-14H,6-7H2,1-2H3;1-3H,(H3,7,8,9,10). The SMILES string of the molecule is CC1(C)OC2COC(C3OCc4cc(Cl)ccc43)C2O1.Nc1ncnc2[nH]ccc12. The molecule has 0 radical (unpaired) electrons. The fourth-order valence-corrected chi connectivity index (χ4v) is 4.44. The van der Waals surface area contributed by atoms with Crippen molar-refractivity contribution < 1.29 is 18.9 Å². The molecule has 0 spiro atoms. The highest BCUT2D eigenvalue weighted by molar-refractivity contribution is 6.30. The Morgan fingerprint density at radius 1 is 1.13 bits per heavy atom. The Kier molecular flexibility index (Phi) is 4.91. The van der Waals surface area contributed by atoms with Crippen LogP contribution in [0.1, 0.15) is 31.1 Å². The Labute approximate surface area is 178 Å². The van der Waals surface area contributed by atoms with E-state index in [0.29, 0.717) is 19.0 Å². The molecule has 2 fully saturated rings. The van der Waals surface area contributed by atoms with E-state index >= 15 is 0 Å². The summed E-state index contributed by atoms with van der Waals surface area (Å²) in [6, 6.07) is 7.72. The van der Waals surface area contributed by atoms with Crippen LogP contribution in [0.15, 0.2) is 36.8 Å². The van der Waals surface area contributed by atoms with Crippen LogP contribution in [0.3, 0.4) is 0 Å². The number of halogens is 1. The van der Waals surface area contributed by atoms with Gasteiger partial charge in [-0.2, -0.15) is 0 Å². The molecular formula is C21H23ClN4O4. The number of hydrogen-bond donors (Lipinski definition) is 2. The fourth-order valence-electron chi connectivity index (χ4n) is 4.24. The van der Waals surface area contributed by atoms with Crippen LogP contribution < -0.4 is 5.73 Å². The first-order chi connectivity index (χ1) is 14.4. The predicted molar refractivity (Wildman–Crippen MR) is 111 cm³/mol. The van der Waals surface area contributed by atoms with Crippen molar-refractivity contribution >= 4 is 28.5 Å². The topological polar surface area (TPSA) is 105 Å². The molecule has 0 bridgehead atoms. The molecule has 158 valence electrons. The second kappa shape index (κ2) is 7.47. The molecule has 3 aliphatic heterocycles. The number of aromatic nitrogens is 3. The smallest absolute Gasteiger partial charge is 0.164 e. The summed E-state index contributed by atoms with van der Waals surface area (Å²) in [7, 11) is 0. The van der Waals surface area contributed by atoms with Crippen LogP contribution in [0.25, 0.3) is 11.0 Å². The number of hydrogen-bond acceptors (Lipinski definition) is 7. The van der Waals surface area contributed by atoms with Crippen molar-refractivity contribution in [2.45, 2.75) is 50.7 Å². The van der Waals surface area contributed by atoms with E-state index in [0.717, 1.165) is 27.2 Å². The minimum atomic E-state index is -0.543. The van der Waals surface area contributed by atoms with Gasteiger partial charge in [0, 0.05) is 11.2 Å². The number of H-pyrrole nitrogens is 1. The average Bonchev–Trinajstić information content (AvgIpc) is 3.45. The Bertz CT molecular complexity index is 1070. The molecule has 9 heteroatoms. The van der Waals surface area contributed by atoms with Crippen LogP contribution in [-0.2, 0) is 25.6 Å². The summed E-state index contributed by atoms with van der Waals surface area (Å²) < 4.78 is 23.6. The molecule has 2 saturated heterocycles. The molecule has 3 N–H and O–H groups in total. The summed E-state index contributed by atoms with van der Waals surface area (Å²) in [4.78, 5) is 10.7. The first kappa shape index (κ1) is 19.7. The molecule has 1 aromatic carbocycles. The van der Waals surface area contributed by atoms with E-state index in [4.69, 9.17) is 36.3 Å². The zero-order valence-electron chi connectivity index (χ0n) is 16.7. The van der Waals surface area contributed by atoms with Crippen LogP contribution in [0.2, 0.25) is 5.02 Å². The minimum Gasteiger partial charge on any atom is -0.383 e. The molecule has 3 aromatic rings. The van der Waals surface area contributed by atoms with Gasteiger partial charge in [-0.05, 0) is 43.2 Å². The quantitative estimate of drug-likeness (QED) is 0.609. The second-order valence-corrected chi connectivity index (χ2v) is 8.45. The first-order valence-electron chi connectivity index (χ1n) is 9.82. The summed E-state index contributed by atoms with van der Waals surface area (Å²) in [6.45, 7) is 5.00. The number of rotatable bonds is 1. The zero-order chi connectivity index (χ0) is 20.9. The third kappa shape index (κ3) is 3.55. The third-order valence-corrected chi connectivity index (χ3v) is 5.75. The molecule has 0 amide bonds. The maximum atomic E-state index is 6.03. The van der Waals surface area contributed by atoms with E-state index in [1.807, 2.05) is 38.1 Å². The molecule has 0 saturated carbocycles. The lowest BCUT2D eigenvalue weighted by atomic mass is 9.98. The Morgan fingerprint density at radius 3 is 2.83 bits per heavy atom. The maximum Gasteiger partial charge on any atom is 0.164 e. The van der Waals surface area contributed by atoms with Crippen LogP contribution >= 0.6 is 11.6 Å². The summed E-state index contributed by atoms with van der Waals surface area (Å²) in [5.74, 6) is -0.0232. The first-order valence-corrected chi connectivity index (χ1v) is 10.2. The van der Waals surface area contributed by atoms with Gasteiger partial charge in [0.05, 0.1) is 18.6 Å². The Balaban J connectivity index is 0.000000161. The van der Waals surface area contributed by atoms with E-state index in [2.05, 4.69) is 15.0 Å². The molecule has 0 aliphatic carbocycles. The lowest BCUT2D eigenvalue weighted by molar-refractivity contribution is -0.187. The monoisotopic (exact) mass is 430 g/mol. The van der Waals surface area contributed by atoms with E-state index in [-0.39, 0.29) is 24.4 Å². The van der Waals surface area contributed by atoms with Gasteiger partial charge in [0.2, 0.25) is 0 Å². The molecule has 8 nitrogen and oxygen atoms in total. The number of fused-ring (bicyclic) bond motifs is 3. The van der Waals surface area contributed by atoms with Crippen molar-refractivity contribution in [2.75, 3.05) is 12.3 Å². The molecule has 6 rings (SSSR count). The largest absolute Gasteiger partial charge is 0.383 e. The van der Waals surface area contributed by atoms with Crippen molar-refractivity contribution in [3.05, 3.63) is 52.9 Å². The highest BCUT2D eigenvalue weighted by Gasteiger charge is 2.53. The van der Waals surface area contributed by atoms with Crippen molar-refractivity contribution in [1.82, 2.24) is 15.0 Å². The summed E-state index contributed by atoms with van der Waals surface area (Å²) in [5.41, 5.74) is 8.59. The van der Waals surface area contributed by atoms with Gasteiger partial charge in [0.25, 0.3) is 0 Å². The fraction of sp³-hybridized carbons (Fsp3) is 0.429. The molecule has 4 unspecified atom stereocenters. The van der Waals surface area contributed by atoms with E-state index in [1.54, 1.807) is 6.20 Å². The number of nitrogen functional groups attached to an aromatic ring is 1. The van der Waals surface area contributed by atoms with E-state index in [1.165, 1.54) is 6.33 Å². The van der Waals surface area contributed by atoms with E-state index < -0.39 is 5.79 Å². The third-order valence-electron chi connectivity index (χ3n) is 5.51. The number of benzene rings is 1. The van der Waals surface area contributed by atoms with Crippen molar-refractivity contribution in [3.8, 4) is 0 Å². The van der Waals surface area contributed by atoms with Crippen molar-refractivity contribution in [3.63, 3.8) is 0 Å². The summed E-state index contributed by atoms with van der Waals surface area (Å²) in [6.07, 6.45) is 2.93. The van der Waals surface area contributed by atoms with Crippen LogP contribution in [0, 0.1) is 0 Å². The number of nitrogens with two attached hydrogens (primary N) is 1. The van der Waals surface area contributed by atoms with Gasteiger partial charge in [-0.25, -0.2) is 9.97 Å². The van der Waals surface area contributed by atoms with Gasteiger partial charge < -0.3 is 29.7 Å². The predicted octanol–water partition coefficient (Wildman–Crippen LogP) is 3.37. The molecule has 2 aromatic heterocycles. The van der Waals surface area contributed by atoms with Gasteiger partial charge in [0.15, 0.2) is 5.79 Å². The van der Waals surface area contributed by atoms with Gasteiger partial charge in [-0.3, -0.25) is 0 Å². The number of aromatic amines is 1. The number of nitrogens with one attached hydrogen (secondary N) is 1. The summed E-state index contributed by atoms with van der Waals surface area (Å²) in [5, 5.41) is 1.61. The highest BCUT2D eigenvalue weighted by Crippen LogP contribution is 2.44. The minimum absolute atomic E-state index is 0.00468. The molecule has 5 heterocycles. The lowest BCUT2D eigenvalue weighted by Gasteiger charge is -2.25. The number of nitrogens with zero attached hydrogens (tertiary/aromatic N) is 2. The van der Waals surface area contributed by atoms with Gasteiger partial charge in [-0.15, -0.1) is 0 Å². The van der Waals surface area contributed by atoms with Crippen molar-refractivity contribution in [2.24, 2.45) is 0 Å². The maximum absolute atomic E-state index is 6.03. The van der Waals surface area contributed by atoms with Crippen molar-refractivity contribution in [1.29, 1.82) is 0 Å². The Hall–Kier alpha value is -2.23. The molecule has 4 atom stereocenters. The normalized spacial score (nSPS) is 28.8. The van der Waals surface area contributed by atoms with Crippen LogP contribution in [-0.4, -0.2) is 45.7 Å². The highest BCUT2D eigenvalue weighted by atomic mass is 35.5. The average molecular weight is 431 g/mol. The van der Waals surface area contributed by atoms with Gasteiger partial charge in [0.1, 0.15) is 42.2 Å². The van der Waals surface area contributed by atoms with E-state index in [9.17, 15) is 0 Å². The molecule has 3 aliphatic rings. The molecular weight excluding hydrogens is 408 g/mol. The van der Waals surface area contributed by atoms with Gasteiger partial charge >= 0.3 is 0 Å². The zero-order valence-corrected chi connectivity index (χ0v) is 17.4. The second-order valence-electron chi connectivity index (χ2n) is 8.01. The Morgan fingerprint density at radius 2 is 2.00 bits per heavy atom. The summed E-state index contributed by atoms with van der Waals surface area (Å²) >= 11 is 6.03. The number of anilines is 1. The number of ether oxygens (including phenoxy) is 4.